The number of carbonyl (C=O) groups is 1. The van der Waals surface area contributed by atoms with Crippen LogP contribution in [-0.4, -0.2) is 51.0 Å². The molecule has 2 heterocycles. The fraction of sp³-hybridized carbons (Fsp3) is 0.579. The van der Waals surface area contributed by atoms with Crippen molar-refractivity contribution in [3.05, 3.63) is 30.1 Å². The number of likely N-dealkylation sites (tertiary alicyclic amines) is 1. The van der Waals surface area contributed by atoms with Crippen molar-refractivity contribution in [1.82, 2.24) is 20.2 Å². The first-order chi connectivity index (χ1) is 12.2. The molecule has 1 saturated carbocycles. The first-order valence-corrected chi connectivity index (χ1v) is 10.3. The number of thioether (sulfide) groups is 1. The number of benzene rings is 1. The maximum atomic E-state index is 12.6. The molecule has 1 unspecified atom stereocenters. The first kappa shape index (κ1) is 16.8. The minimum absolute atomic E-state index is 0.0868. The maximum absolute atomic E-state index is 12.6. The van der Waals surface area contributed by atoms with E-state index in [1.54, 1.807) is 0 Å². The summed E-state index contributed by atoms with van der Waals surface area (Å²) in [6.07, 6.45) is 4.57. The van der Waals surface area contributed by atoms with Gasteiger partial charge in [0.25, 0.3) is 0 Å². The third kappa shape index (κ3) is 3.64. The minimum Gasteiger partial charge on any atom is -0.342 e. The van der Waals surface area contributed by atoms with E-state index in [0.29, 0.717) is 10.7 Å². The number of amides is 2. The number of para-hydroxylation sites is 2. The van der Waals surface area contributed by atoms with Crippen LogP contribution in [0.25, 0.3) is 11.0 Å². The molecule has 2 aromatic rings. The number of aromatic amines is 1. The van der Waals surface area contributed by atoms with E-state index in [2.05, 4.69) is 23.3 Å². The lowest BCUT2D eigenvalue weighted by atomic mass is 9.97. The van der Waals surface area contributed by atoms with E-state index >= 15 is 0 Å². The molecule has 1 aliphatic heterocycles. The largest absolute Gasteiger partial charge is 0.342 e. The Hall–Kier alpha value is -1.69. The standard InChI is InChI=1S/C19H26N4OS/c1-2-25-19(9-10-19)13-20-18(24)23-11-5-6-14(12-23)17-21-15-7-3-4-8-16(15)22-17/h3-4,7-8,14H,2,5-6,9-13H2,1H3,(H,20,24)(H,21,22). The molecule has 2 N–H and O–H groups in total. The highest BCUT2D eigenvalue weighted by Gasteiger charge is 2.43. The average molecular weight is 359 g/mol. The molecule has 6 heteroatoms. The molecule has 0 radical (unpaired) electrons. The van der Waals surface area contributed by atoms with Crippen molar-refractivity contribution in [2.75, 3.05) is 25.4 Å². The van der Waals surface area contributed by atoms with Crippen molar-refractivity contribution >= 4 is 28.8 Å². The first-order valence-electron chi connectivity index (χ1n) is 9.30. The van der Waals surface area contributed by atoms with Crippen molar-refractivity contribution in [2.24, 2.45) is 0 Å². The van der Waals surface area contributed by atoms with E-state index in [1.165, 1.54) is 12.8 Å². The highest BCUT2D eigenvalue weighted by Crippen LogP contribution is 2.47. The van der Waals surface area contributed by atoms with Crippen molar-refractivity contribution in [3.63, 3.8) is 0 Å². The lowest BCUT2D eigenvalue weighted by Crippen LogP contribution is -2.47. The molecule has 4 rings (SSSR count). The number of H-pyrrole nitrogens is 1. The van der Waals surface area contributed by atoms with Gasteiger partial charge >= 0.3 is 6.03 Å². The average Bonchev–Trinajstić information content (AvgIpc) is 3.27. The van der Waals surface area contributed by atoms with Crippen LogP contribution in [-0.2, 0) is 0 Å². The molecule has 1 saturated heterocycles. The summed E-state index contributed by atoms with van der Waals surface area (Å²) in [5.41, 5.74) is 2.08. The van der Waals surface area contributed by atoms with Gasteiger partial charge in [-0.3, -0.25) is 0 Å². The summed E-state index contributed by atoms with van der Waals surface area (Å²) >= 11 is 1.98. The summed E-state index contributed by atoms with van der Waals surface area (Å²) < 4.78 is 0.318. The van der Waals surface area contributed by atoms with E-state index in [0.717, 1.165) is 55.1 Å². The zero-order valence-corrected chi connectivity index (χ0v) is 15.6. The summed E-state index contributed by atoms with van der Waals surface area (Å²) in [7, 11) is 0. The van der Waals surface area contributed by atoms with Crippen molar-refractivity contribution in [3.8, 4) is 0 Å². The quantitative estimate of drug-likeness (QED) is 0.856. The summed E-state index contributed by atoms with van der Waals surface area (Å²) in [5.74, 6) is 2.43. The molecule has 1 aromatic heterocycles. The van der Waals surface area contributed by atoms with E-state index in [9.17, 15) is 4.79 Å². The van der Waals surface area contributed by atoms with Crippen LogP contribution < -0.4 is 5.32 Å². The number of fused-ring (bicyclic) bond motifs is 1. The summed E-state index contributed by atoms with van der Waals surface area (Å²) in [6.45, 7) is 4.58. The lowest BCUT2D eigenvalue weighted by Gasteiger charge is -2.32. The lowest BCUT2D eigenvalue weighted by molar-refractivity contribution is 0.178. The van der Waals surface area contributed by atoms with Crippen LogP contribution in [0.1, 0.15) is 44.3 Å². The number of nitrogens with zero attached hydrogens (tertiary/aromatic N) is 2. The van der Waals surface area contributed by atoms with Crippen LogP contribution in [0.15, 0.2) is 24.3 Å². The number of hydrogen-bond acceptors (Lipinski definition) is 3. The molecule has 2 aliphatic rings. The monoisotopic (exact) mass is 358 g/mol. The minimum atomic E-state index is 0.0868. The Kier molecular flexibility index (Phi) is 4.63. The molecular formula is C19H26N4OS. The van der Waals surface area contributed by atoms with Gasteiger partial charge in [0, 0.05) is 30.3 Å². The Morgan fingerprint density at radius 1 is 1.44 bits per heavy atom. The zero-order chi connectivity index (χ0) is 17.3. The summed E-state index contributed by atoms with van der Waals surface area (Å²) in [5, 5.41) is 3.17. The predicted octanol–water partition coefficient (Wildman–Crippen LogP) is 3.74. The number of nitrogens with one attached hydrogen (secondary N) is 2. The molecule has 1 aromatic carbocycles. The fourth-order valence-electron chi connectivity index (χ4n) is 3.72. The topological polar surface area (TPSA) is 61.0 Å². The zero-order valence-electron chi connectivity index (χ0n) is 14.8. The molecule has 134 valence electrons. The van der Waals surface area contributed by atoms with E-state index in [-0.39, 0.29) is 6.03 Å². The Morgan fingerprint density at radius 2 is 2.28 bits per heavy atom. The Balaban J connectivity index is 1.38. The smallest absolute Gasteiger partial charge is 0.317 e. The van der Waals surface area contributed by atoms with Crippen molar-refractivity contribution in [1.29, 1.82) is 0 Å². The second-order valence-corrected chi connectivity index (χ2v) is 8.93. The van der Waals surface area contributed by atoms with Gasteiger partial charge in [0.1, 0.15) is 5.82 Å². The Bertz CT molecular complexity index is 722. The van der Waals surface area contributed by atoms with Gasteiger partial charge in [-0.2, -0.15) is 11.8 Å². The molecule has 5 nitrogen and oxygen atoms in total. The second-order valence-electron chi connectivity index (χ2n) is 7.20. The fourth-order valence-corrected chi connectivity index (χ4v) is 4.89. The highest BCUT2D eigenvalue weighted by atomic mass is 32.2. The molecule has 2 fully saturated rings. The third-order valence-electron chi connectivity index (χ3n) is 5.32. The van der Waals surface area contributed by atoms with Crippen LogP contribution in [0.2, 0.25) is 0 Å². The van der Waals surface area contributed by atoms with Gasteiger partial charge < -0.3 is 15.2 Å². The van der Waals surface area contributed by atoms with Gasteiger partial charge in [0.05, 0.1) is 11.0 Å². The van der Waals surface area contributed by atoms with Gasteiger partial charge in [-0.05, 0) is 43.6 Å². The third-order valence-corrected chi connectivity index (χ3v) is 6.78. The van der Waals surface area contributed by atoms with Crippen LogP contribution in [0.4, 0.5) is 4.79 Å². The number of hydrogen-bond donors (Lipinski definition) is 2. The predicted molar refractivity (Wildman–Crippen MR) is 103 cm³/mol. The molecule has 25 heavy (non-hydrogen) atoms. The molecule has 2 amide bonds. The van der Waals surface area contributed by atoms with Crippen LogP contribution in [0.5, 0.6) is 0 Å². The molecule has 0 spiro atoms. The van der Waals surface area contributed by atoms with Gasteiger partial charge in [-0.25, -0.2) is 9.78 Å². The molecular weight excluding hydrogens is 332 g/mol. The van der Waals surface area contributed by atoms with E-state index in [4.69, 9.17) is 4.98 Å². The van der Waals surface area contributed by atoms with Crippen molar-refractivity contribution in [2.45, 2.75) is 43.3 Å². The van der Waals surface area contributed by atoms with Gasteiger partial charge in [0.2, 0.25) is 0 Å². The van der Waals surface area contributed by atoms with Crippen LogP contribution in [0, 0.1) is 0 Å². The second kappa shape index (κ2) is 6.90. The van der Waals surface area contributed by atoms with Gasteiger partial charge in [0.15, 0.2) is 0 Å². The molecule has 1 aliphatic carbocycles. The number of piperidine rings is 1. The summed E-state index contributed by atoms with van der Waals surface area (Å²) in [4.78, 5) is 22.7. The van der Waals surface area contributed by atoms with Crippen LogP contribution in [0.3, 0.4) is 0 Å². The Morgan fingerprint density at radius 3 is 3.04 bits per heavy atom. The number of urea groups is 1. The van der Waals surface area contributed by atoms with Gasteiger partial charge in [-0.1, -0.05) is 19.1 Å². The normalized spacial score (nSPS) is 22.1. The number of aromatic nitrogens is 2. The SMILES string of the molecule is CCSC1(CNC(=O)N2CCCC(c3nc4ccccc4[nH]3)C2)CC1. The van der Waals surface area contributed by atoms with Gasteiger partial charge in [-0.15, -0.1) is 0 Å². The molecule has 1 atom stereocenters. The van der Waals surface area contributed by atoms with E-state index < -0.39 is 0 Å². The highest BCUT2D eigenvalue weighted by molar-refractivity contribution is 8.00. The number of imidazole rings is 1. The number of rotatable bonds is 5. The van der Waals surface area contributed by atoms with Crippen LogP contribution >= 0.6 is 11.8 Å². The molecule has 0 bridgehead atoms. The van der Waals surface area contributed by atoms with Crippen molar-refractivity contribution < 1.29 is 4.79 Å². The maximum Gasteiger partial charge on any atom is 0.317 e. The Labute approximate surface area is 153 Å². The number of carbonyl (C=O) groups excluding carboxylic acids is 1. The van der Waals surface area contributed by atoms with E-state index in [1.807, 2.05) is 34.9 Å². The summed E-state index contributed by atoms with van der Waals surface area (Å²) in [6, 6.07) is 8.20.